The molecule has 0 aliphatic heterocycles. The number of rotatable bonds is 4. The molecular weight excluding hydrogens is 342 g/mol. The summed E-state index contributed by atoms with van der Waals surface area (Å²) >= 11 is 0. The number of benzene rings is 2. The highest BCUT2D eigenvalue weighted by Gasteiger charge is 2.13. The van der Waals surface area contributed by atoms with Gasteiger partial charge < -0.3 is 10.1 Å². The van der Waals surface area contributed by atoms with Crippen molar-refractivity contribution in [1.82, 2.24) is 9.97 Å². The molecule has 0 bridgehead atoms. The van der Waals surface area contributed by atoms with E-state index in [4.69, 9.17) is 4.74 Å². The fraction of sp³-hybridized carbons (Fsp3) is 0.238. The summed E-state index contributed by atoms with van der Waals surface area (Å²) in [6.45, 7) is 7.24. The number of anilines is 1. The summed E-state index contributed by atoms with van der Waals surface area (Å²) in [6, 6.07) is 10.7. The highest BCUT2D eigenvalue weighted by atomic mass is 16.5. The first-order valence-electron chi connectivity index (χ1n) is 8.63. The van der Waals surface area contributed by atoms with Gasteiger partial charge in [0.2, 0.25) is 0 Å². The van der Waals surface area contributed by atoms with Gasteiger partial charge in [-0.15, -0.1) is 0 Å². The molecule has 27 heavy (non-hydrogen) atoms. The maximum Gasteiger partial charge on any atom is 0.338 e. The van der Waals surface area contributed by atoms with Crippen LogP contribution in [0, 0.1) is 27.7 Å². The zero-order chi connectivity index (χ0) is 19.6. The number of hydrogen-bond donors (Lipinski definition) is 1. The van der Waals surface area contributed by atoms with Gasteiger partial charge >= 0.3 is 5.97 Å². The Morgan fingerprint density at radius 1 is 0.926 bits per heavy atom. The van der Waals surface area contributed by atoms with E-state index in [0.717, 1.165) is 22.5 Å². The molecule has 0 radical (unpaired) electrons. The molecule has 3 rings (SSSR count). The highest BCUT2D eigenvalue weighted by molar-refractivity contribution is 5.97. The van der Waals surface area contributed by atoms with E-state index in [9.17, 15) is 9.59 Å². The summed E-state index contributed by atoms with van der Waals surface area (Å²) in [4.78, 5) is 33.2. The Labute approximate surface area is 157 Å². The van der Waals surface area contributed by atoms with Crippen molar-refractivity contribution in [3.63, 3.8) is 0 Å². The Bertz CT molecular complexity index is 1040. The molecule has 6 nitrogen and oxygen atoms in total. The minimum Gasteiger partial charge on any atom is -0.452 e. The number of esters is 1. The summed E-state index contributed by atoms with van der Waals surface area (Å²) in [5.74, 6) is -0.961. The van der Waals surface area contributed by atoms with Crippen LogP contribution in [-0.4, -0.2) is 28.5 Å². The molecule has 138 valence electrons. The van der Waals surface area contributed by atoms with Crippen molar-refractivity contribution in [2.45, 2.75) is 27.7 Å². The SMILES string of the molecule is Cc1ccc(C)c(NC(=O)COC(=O)c2ccc3nc(C)c(C)nc3c2)c1. The second-order valence-electron chi connectivity index (χ2n) is 6.54. The first-order chi connectivity index (χ1) is 12.8. The number of carbonyl (C=O) groups excluding carboxylic acids is 2. The number of aromatic nitrogens is 2. The number of nitrogens with one attached hydrogen (secondary N) is 1. The zero-order valence-corrected chi connectivity index (χ0v) is 15.8. The number of hydrogen-bond acceptors (Lipinski definition) is 5. The van der Waals surface area contributed by atoms with E-state index in [1.807, 2.05) is 45.9 Å². The minimum atomic E-state index is -0.576. The molecule has 0 saturated carbocycles. The smallest absolute Gasteiger partial charge is 0.338 e. The standard InChI is InChI=1S/C21H21N3O3/c1-12-5-6-13(2)18(9-12)24-20(25)11-27-21(26)16-7-8-17-19(10-16)23-15(4)14(3)22-17/h5-10H,11H2,1-4H3,(H,24,25). The van der Waals surface area contributed by atoms with Crippen molar-refractivity contribution in [3.8, 4) is 0 Å². The van der Waals surface area contributed by atoms with Crippen LogP contribution >= 0.6 is 0 Å². The number of amides is 1. The molecule has 1 aromatic heterocycles. The first-order valence-corrected chi connectivity index (χ1v) is 8.63. The van der Waals surface area contributed by atoms with Gasteiger partial charge in [0, 0.05) is 5.69 Å². The molecule has 0 unspecified atom stereocenters. The van der Waals surface area contributed by atoms with E-state index >= 15 is 0 Å². The number of carbonyl (C=O) groups is 2. The third kappa shape index (κ3) is 4.28. The van der Waals surface area contributed by atoms with E-state index < -0.39 is 5.97 Å². The van der Waals surface area contributed by atoms with Gasteiger partial charge in [0.1, 0.15) is 0 Å². The molecule has 0 aliphatic carbocycles. The molecule has 0 aliphatic rings. The van der Waals surface area contributed by atoms with Crippen molar-refractivity contribution >= 4 is 28.6 Å². The van der Waals surface area contributed by atoms with E-state index in [1.165, 1.54) is 0 Å². The third-order valence-corrected chi connectivity index (χ3v) is 4.31. The lowest BCUT2D eigenvalue weighted by Crippen LogP contribution is -2.21. The number of ether oxygens (including phenoxy) is 1. The van der Waals surface area contributed by atoms with Crippen molar-refractivity contribution < 1.29 is 14.3 Å². The summed E-state index contributed by atoms with van der Waals surface area (Å²) in [6.07, 6.45) is 0. The quantitative estimate of drug-likeness (QED) is 0.716. The number of aryl methyl sites for hydroxylation is 4. The van der Waals surface area contributed by atoms with Gasteiger partial charge in [-0.2, -0.15) is 0 Å². The van der Waals surface area contributed by atoms with Gasteiger partial charge in [-0.05, 0) is 63.1 Å². The van der Waals surface area contributed by atoms with Crippen LogP contribution < -0.4 is 5.32 Å². The van der Waals surface area contributed by atoms with E-state index in [1.54, 1.807) is 18.2 Å². The molecule has 0 spiro atoms. The molecule has 3 aromatic rings. The molecule has 0 saturated heterocycles. The summed E-state index contributed by atoms with van der Waals surface area (Å²) < 4.78 is 5.14. The number of fused-ring (bicyclic) bond motifs is 1. The molecule has 1 heterocycles. The molecule has 6 heteroatoms. The van der Waals surface area contributed by atoms with Gasteiger partial charge in [0.05, 0.1) is 28.0 Å². The van der Waals surface area contributed by atoms with Gasteiger partial charge in [0.15, 0.2) is 6.61 Å². The third-order valence-electron chi connectivity index (χ3n) is 4.31. The lowest BCUT2D eigenvalue weighted by molar-refractivity contribution is -0.119. The Balaban J connectivity index is 1.66. The Morgan fingerprint density at radius 2 is 1.63 bits per heavy atom. The van der Waals surface area contributed by atoms with Crippen LogP contribution in [0.2, 0.25) is 0 Å². The Hall–Kier alpha value is -3.28. The number of nitrogens with zero attached hydrogens (tertiary/aromatic N) is 2. The van der Waals surface area contributed by atoms with Gasteiger partial charge in [-0.25, -0.2) is 14.8 Å². The minimum absolute atomic E-state index is 0.333. The lowest BCUT2D eigenvalue weighted by Gasteiger charge is -2.10. The predicted octanol–water partition coefficient (Wildman–Crippen LogP) is 3.66. The van der Waals surface area contributed by atoms with Crippen LogP contribution in [0.25, 0.3) is 11.0 Å². The van der Waals surface area contributed by atoms with Crippen molar-refractivity contribution in [2.75, 3.05) is 11.9 Å². The van der Waals surface area contributed by atoms with Crippen molar-refractivity contribution in [2.24, 2.45) is 0 Å². The normalized spacial score (nSPS) is 10.7. The highest BCUT2D eigenvalue weighted by Crippen LogP contribution is 2.17. The topological polar surface area (TPSA) is 81.2 Å². The van der Waals surface area contributed by atoms with Gasteiger partial charge in [0.25, 0.3) is 5.91 Å². The van der Waals surface area contributed by atoms with Crippen LogP contribution in [0.3, 0.4) is 0 Å². The van der Waals surface area contributed by atoms with Crippen LogP contribution in [0.4, 0.5) is 5.69 Å². The Morgan fingerprint density at radius 3 is 2.37 bits per heavy atom. The average molecular weight is 363 g/mol. The van der Waals surface area contributed by atoms with Gasteiger partial charge in [-0.1, -0.05) is 12.1 Å². The van der Waals surface area contributed by atoms with E-state index in [2.05, 4.69) is 15.3 Å². The van der Waals surface area contributed by atoms with Crippen LogP contribution in [-0.2, 0) is 9.53 Å². The van der Waals surface area contributed by atoms with Crippen molar-refractivity contribution in [1.29, 1.82) is 0 Å². The molecule has 2 aromatic carbocycles. The largest absolute Gasteiger partial charge is 0.452 e. The van der Waals surface area contributed by atoms with Gasteiger partial charge in [-0.3, -0.25) is 4.79 Å². The summed E-state index contributed by atoms with van der Waals surface area (Å²) in [7, 11) is 0. The van der Waals surface area contributed by atoms with Crippen LogP contribution in [0.5, 0.6) is 0 Å². The fourth-order valence-corrected chi connectivity index (χ4v) is 2.63. The van der Waals surface area contributed by atoms with Crippen molar-refractivity contribution in [3.05, 3.63) is 64.5 Å². The Kier molecular flexibility index (Phi) is 5.16. The zero-order valence-electron chi connectivity index (χ0n) is 15.8. The molecule has 1 N–H and O–H groups in total. The molecular formula is C21H21N3O3. The molecule has 0 atom stereocenters. The maximum absolute atomic E-state index is 12.3. The summed E-state index contributed by atoms with van der Waals surface area (Å²) in [5, 5.41) is 2.76. The maximum atomic E-state index is 12.3. The second kappa shape index (κ2) is 7.53. The first kappa shape index (κ1) is 18.5. The second-order valence-corrected chi connectivity index (χ2v) is 6.54. The molecule has 1 amide bonds. The average Bonchev–Trinajstić information content (AvgIpc) is 2.63. The fourth-order valence-electron chi connectivity index (χ4n) is 2.63. The predicted molar refractivity (Wildman–Crippen MR) is 104 cm³/mol. The lowest BCUT2D eigenvalue weighted by atomic mass is 10.1. The van der Waals surface area contributed by atoms with E-state index in [0.29, 0.717) is 22.3 Å². The van der Waals surface area contributed by atoms with Crippen LogP contribution in [0.1, 0.15) is 32.9 Å². The summed E-state index contributed by atoms with van der Waals surface area (Å²) in [5.41, 5.74) is 6.01. The van der Waals surface area contributed by atoms with Crippen LogP contribution in [0.15, 0.2) is 36.4 Å². The monoisotopic (exact) mass is 363 g/mol. The van der Waals surface area contributed by atoms with E-state index in [-0.39, 0.29) is 12.5 Å². The molecule has 0 fully saturated rings.